The van der Waals surface area contributed by atoms with E-state index < -0.39 is 68.9 Å². The Morgan fingerprint density at radius 2 is 1.60 bits per heavy atom. The third kappa shape index (κ3) is 9.48. The highest BCUT2D eigenvalue weighted by molar-refractivity contribution is 8.19. The summed E-state index contributed by atoms with van der Waals surface area (Å²) in [5.74, 6) is -2.58. The third-order valence-corrected chi connectivity index (χ3v) is 9.20. The van der Waals surface area contributed by atoms with E-state index in [-0.39, 0.29) is 53.9 Å². The molecule has 9 N–H and O–H groups in total. The Balaban J connectivity index is 1.96. The van der Waals surface area contributed by atoms with Crippen molar-refractivity contribution in [3.8, 4) is 11.8 Å². The van der Waals surface area contributed by atoms with E-state index in [0.717, 1.165) is 36.8 Å². The van der Waals surface area contributed by atoms with E-state index in [9.17, 15) is 49.5 Å². The van der Waals surface area contributed by atoms with E-state index >= 15 is 0 Å². The molecule has 23 heteroatoms. The first-order valence-electron chi connectivity index (χ1n) is 14.2. The molecule has 0 fully saturated rings. The second-order valence-electron chi connectivity index (χ2n) is 10.4. The number of hydrogen-bond donors (Lipinski definition) is 9. The number of carboxylic acid groups (broad SMARTS) is 1. The Morgan fingerprint density at radius 3 is 2.22 bits per heavy atom. The van der Waals surface area contributed by atoms with Gasteiger partial charge in [0.2, 0.25) is 11.9 Å². The van der Waals surface area contributed by atoms with Gasteiger partial charge in [-0.1, -0.05) is 19.4 Å². The molecule has 0 aliphatic carbocycles. The number of hydrogen-bond acceptors (Lipinski definition) is 17. The molecule has 20 nitrogen and oxygen atoms in total. The minimum atomic E-state index is -4.97. The first kappa shape index (κ1) is 38.1. The number of carboxylic acids is 1. The number of aromatic hydroxyl groups is 1. The van der Waals surface area contributed by atoms with Crippen LogP contribution in [0.3, 0.4) is 0 Å². The maximum atomic E-state index is 12.2. The molecule has 0 aliphatic rings. The molecule has 50 heavy (non-hydrogen) atoms. The molecular formula is C27H31N7O13S3. The first-order valence-corrected chi connectivity index (χ1v) is 18.6. The topological polar surface area (TPSA) is 324 Å². The van der Waals surface area contributed by atoms with E-state index in [4.69, 9.17) is 9.84 Å². The number of phenols is 1. The quantitative estimate of drug-likeness (QED) is 0.0419. The summed E-state index contributed by atoms with van der Waals surface area (Å²) in [5.41, 5.74) is -1.19. The van der Waals surface area contributed by atoms with Crippen LogP contribution in [0.4, 0.5) is 29.0 Å². The van der Waals surface area contributed by atoms with Crippen LogP contribution >= 0.6 is 10.9 Å². The van der Waals surface area contributed by atoms with Crippen molar-refractivity contribution in [1.29, 1.82) is 0 Å². The highest BCUT2D eigenvalue weighted by atomic mass is 32.3. The lowest BCUT2D eigenvalue weighted by molar-refractivity contribution is -0.136. The molecule has 0 atom stereocenters. The van der Waals surface area contributed by atoms with Crippen LogP contribution in [0, 0.1) is 6.92 Å². The Labute approximate surface area is 286 Å². The minimum Gasteiger partial charge on any atom is -0.505 e. The van der Waals surface area contributed by atoms with E-state index in [1.54, 1.807) is 0 Å². The highest BCUT2D eigenvalue weighted by Gasteiger charge is 2.28. The van der Waals surface area contributed by atoms with Gasteiger partial charge in [-0.05, 0) is 54.6 Å². The van der Waals surface area contributed by atoms with Crippen molar-refractivity contribution in [2.75, 3.05) is 23.8 Å². The van der Waals surface area contributed by atoms with Crippen molar-refractivity contribution in [1.82, 2.24) is 15.0 Å². The summed E-state index contributed by atoms with van der Waals surface area (Å²) in [6, 6.07) is 5.92. The fourth-order valence-corrected chi connectivity index (χ4v) is 6.23. The van der Waals surface area contributed by atoms with Crippen LogP contribution in [-0.4, -0.2) is 83.9 Å². The number of nitrogens with zero attached hydrogens (tertiary/aromatic N) is 5. The molecule has 270 valence electrons. The second kappa shape index (κ2) is 15.0. The number of unbranched alkanes of at least 4 members (excludes halogenated alkanes) is 1. The summed E-state index contributed by atoms with van der Waals surface area (Å²) < 4.78 is 104. The van der Waals surface area contributed by atoms with Crippen LogP contribution in [-0.2, 0) is 25.0 Å². The monoisotopic (exact) mass is 757 g/mol. The number of benzene rings is 3. The number of aryl methyl sites for hydroxylation is 1. The predicted molar refractivity (Wildman–Crippen MR) is 179 cm³/mol. The molecule has 4 rings (SSSR count). The molecule has 0 unspecified atom stereocenters. The summed E-state index contributed by atoms with van der Waals surface area (Å²) in [5, 5.41) is 32.7. The van der Waals surface area contributed by atoms with E-state index in [1.165, 1.54) is 13.0 Å². The number of fused-ring (bicyclic) bond motifs is 1. The van der Waals surface area contributed by atoms with E-state index in [2.05, 4.69) is 35.8 Å². The van der Waals surface area contributed by atoms with Crippen LogP contribution < -0.4 is 15.4 Å². The number of anilines is 3. The van der Waals surface area contributed by atoms with Crippen LogP contribution in [0.5, 0.6) is 11.8 Å². The summed E-state index contributed by atoms with van der Waals surface area (Å²) >= 11 is 0. The Bertz CT molecular complexity index is 2190. The summed E-state index contributed by atoms with van der Waals surface area (Å²) in [6.45, 7) is 3.51. The van der Waals surface area contributed by atoms with E-state index in [1.807, 2.05) is 6.92 Å². The van der Waals surface area contributed by atoms with Crippen LogP contribution in [0.1, 0.15) is 31.7 Å². The Kier molecular flexibility index (Phi) is 11.4. The zero-order valence-corrected chi connectivity index (χ0v) is 28.5. The average Bonchev–Trinajstić information content (AvgIpc) is 2.99. The molecule has 0 saturated heterocycles. The normalized spacial score (nSPS) is 12.7. The number of azo groups is 1. The molecule has 0 radical (unpaired) electrons. The smallest absolute Gasteiger partial charge is 0.323 e. The lowest BCUT2D eigenvalue weighted by Gasteiger charge is -2.23. The summed E-state index contributed by atoms with van der Waals surface area (Å²) in [7, 11) is -14.6. The van der Waals surface area contributed by atoms with Crippen LogP contribution in [0.2, 0.25) is 0 Å². The lowest BCUT2D eigenvalue weighted by atomic mass is 10.1. The highest BCUT2D eigenvalue weighted by Crippen LogP contribution is 2.55. The van der Waals surface area contributed by atoms with Gasteiger partial charge < -0.3 is 39.2 Å². The zero-order valence-electron chi connectivity index (χ0n) is 26.0. The number of ether oxygens (including phenoxy) is 1. The van der Waals surface area contributed by atoms with Crippen molar-refractivity contribution in [2.24, 2.45) is 10.2 Å². The summed E-state index contributed by atoms with van der Waals surface area (Å²) in [6.07, 6.45) is 1.06. The average molecular weight is 758 g/mol. The first-order chi connectivity index (χ1) is 23.3. The van der Waals surface area contributed by atoms with Crippen LogP contribution in [0.25, 0.3) is 10.8 Å². The maximum absolute atomic E-state index is 12.2. The van der Waals surface area contributed by atoms with Crippen molar-refractivity contribution in [2.45, 2.75) is 47.8 Å². The maximum Gasteiger partial charge on any atom is 0.323 e. The molecule has 3 aromatic carbocycles. The van der Waals surface area contributed by atoms with Gasteiger partial charge in [-0.3, -0.25) is 13.9 Å². The van der Waals surface area contributed by atoms with Gasteiger partial charge in [-0.2, -0.15) is 31.8 Å². The number of aromatic nitrogens is 3. The Hall–Kier alpha value is -4.75. The summed E-state index contributed by atoms with van der Waals surface area (Å²) in [4.78, 5) is 21.0. The number of rotatable bonds is 15. The van der Waals surface area contributed by atoms with Crippen molar-refractivity contribution < 1.29 is 59.3 Å². The predicted octanol–water partition coefficient (Wildman–Crippen LogP) is 5.34. The molecular weight excluding hydrogens is 727 g/mol. The fourth-order valence-electron chi connectivity index (χ4n) is 4.29. The van der Waals surface area contributed by atoms with Gasteiger partial charge >= 0.3 is 12.0 Å². The largest absolute Gasteiger partial charge is 0.505 e. The van der Waals surface area contributed by atoms with Gasteiger partial charge in [0.15, 0.2) is 5.75 Å². The van der Waals surface area contributed by atoms with Gasteiger partial charge in [0.05, 0.1) is 28.5 Å². The fraction of sp³-hybridized carbons (Fsp3) is 0.259. The molecule has 0 aliphatic heterocycles. The van der Waals surface area contributed by atoms with Gasteiger partial charge in [-0.15, -0.1) is 10.2 Å². The number of carbonyl (C=O) groups is 1. The van der Waals surface area contributed by atoms with Crippen molar-refractivity contribution in [3.05, 3.63) is 42.0 Å². The molecule has 0 saturated carbocycles. The molecule has 0 amide bonds. The van der Waals surface area contributed by atoms with Gasteiger partial charge in [0.25, 0.3) is 20.2 Å². The Morgan fingerprint density at radius 1 is 0.900 bits per heavy atom. The SMILES string of the molecule is CCCCOc1nc(NCCC(=O)O)nc(Nc2cc(S(=O)(=O)O)cc3cc(S(O)(O)O)c(N=Nc4ccc(C)cc4S(=O)(=O)O)c(O)c23)n1. The number of aliphatic carboxylic acids is 1. The third-order valence-electron chi connectivity index (χ3n) is 6.58. The molecule has 0 spiro atoms. The zero-order chi connectivity index (χ0) is 37.0. The lowest BCUT2D eigenvalue weighted by Crippen LogP contribution is -2.13. The van der Waals surface area contributed by atoms with E-state index in [0.29, 0.717) is 12.0 Å². The number of phenolic OH excluding ortho intramolecular Hbond substituents is 1. The van der Waals surface area contributed by atoms with Gasteiger partial charge in [0.1, 0.15) is 27.1 Å². The van der Waals surface area contributed by atoms with Crippen LogP contribution in [0.15, 0.2) is 61.3 Å². The molecule has 0 bridgehead atoms. The number of nitrogens with one attached hydrogen (secondary N) is 2. The molecule has 1 heterocycles. The second-order valence-corrected chi connectivity index (χ2v) is 14.7. The molecule has 4 aromatic rings. The van der Waals surface area contributed by atoms with Crippen molar-refractivity contribution >= 4 is 76.8 Å². The standard InChI is InChI=1S/C27H31N7O13S3/c1-3-4-9-47-27-31-25(28-8-7-21(35)36)30-26(32-27)29-18-13-16(48(38,39)40)11-15-12-20(50(44,45)46)23(24(37)22(15)18)34-33-17-6-5-14(2)10-19(17)49(41,42)43/h5-6,10-13,37,44-46H,3-4,7-9H2,1-2H3,(H,35,36)(H,38,39,40)(H,41,42,43)(H2,28,29,30,31,32). The van der Waals surface area contributed by atoms with Gasteiger partial charge in [0, 0.05) is 11.9 Å². The van der Waals surface area contributed by atoms with Crippen molar-refractivity contribution in [3.63, 3.8) is 0 Å². The minimum absolute atomic E-state index is 0.111. The molecule has 1 aromatic heterocycles. The van der Waals surface area contributed by atoms with Gasteiger partial charge in [-0.25, -0.2) is 0 Å².